The Morgan fingerprint density at radius 2 is 2.15 bits per heavy atom. The van der Waals surface area contributed by atoms with E-state index in [1.165, 1.54) is 6.07 Å². The Balaban J connectivity index is 1.95. The van der Waals surface area contributed by atoms with E-state index in [9.17, 15) is 8.78 Å². The second kappa shape index (κ2) is 6.58. The van der Waals surface area contributed by atoms with Crippen molar-refractivity contribution in [3.63, 3.8) is 0 Å². The van der Waals surface area contributed by atoms with Gasteiger partial charge in [0.15, 0.2) is 11.6 Å². The van der Waals surface area contributed by atoms with Crippen molar-refractivity contribution in [3.05, 3.63) is 53.6 Å². The van der Waals surface area contributed by atoms with Crippen molar-refractivity contribution in [1.29, 1.82) is 0 Å². The normalized spacial score (nSPS) is 12.6. The Bertz CT molecular complexity index is 568. The maximum atomic E-state index is 13.2. The molecule has 0 spiro atoms. The first kappa shape index (κ1) is 14.6. The molecule has 0 saturated carbocycles. The summed E-state index contributed by atoms with van der Waals surface area (Å²) in [5, 5.41) is 0. The first-order valence-electron chi connectivity index (χ1n) is 6.46. The molecule has 0 amide bonds. The second-order valence-corrected chi connectivity index (χ2v) is 4.81. The number of hydrogen-bond acceptors (Lipinski definition) is 3. The van der Waals surface area contributed by atoms with E-state index in [-0.39, 0.29) is 6.04 Å². The summed E-state index contributed by atoms with van der Waals surface area (Å²) in [6.07, 6.45) is 5.70. The van der Waals surface area contributed by atoms with E-state index in [2.05, 4.69) is 10.4 Å². The molecule has 4 nitrogen and oxygen atoms in total. The van der Waals surface area contributed by atoms with Crippen LogP contribution in [0.15, 0.2) is 30.6 Å². The van der Waals surface area contributed by atoms with Crippen LogP contribution in [0.3, 0.4) is 0 Å². The Morgan fingerprint density at radius 3 is 2.75 bits per heavy atom. The summed E-state index contributed by atoms with van der Waals surface area (Å²) >= 11 is 0. The summed E-state index contributed by atoms with van der Waals surface area (Å²) in [5.74, 6) is 4.82. The summed E-state index contributed by atoms with van der Waals surface area (Å²) < 4.78 is 28.0. The zero-order valence-electron chi connectivity index (χ0n) is 11.3. The summed E-state index contributed by atoms with van der Waals surface area (Å²) in [7, 11) is 1.93. The molecule has 2 aromatic rings. The van der Waals surface area contributed by atoms with Crippen LogP contribution in [0, 0.1) is 11.6 Å². The first-order chi connectivity index (χ1) is 9.60. The lowest BCUT2D eigenvalue weighted by molar-refractivity contribution is 0.477. The molecule has 0 bridgehead atoms. The van der Waals surface area contributed by atoms with Crippen molar-refractivity contribution in [2.24, 2.45) is 12.9 Å². The van der Waals surface area contributed by atoms with Gasteiger partial charge in [-0.25, -0.2) is 13.8 Å². The third-order valence-corrected chi connectivity index (χ3v) is 3.34. The van der Waals surface area contributed by atoms with E-state index in [1.807, 2.05) is 17.8 Å². The van der Waals surface area contributed by atoms with E-state index >= 15 is 0 Å². The number of hydrogen-bond donors (Lipinski definition) is 2. The quantitative estimate of drug-likeness (QED) is 0.625. The van der Waals surface area contributed by atoms with Gasteiger partial charge < -0.3 is 4.57 Å². The number of halogens is 2. The maximum absolute atomic E-state index is 13.2. The fourth-order valence-electron chi connectivity index (χ4n) is 2.14. The summed E-state index contributed by atoms with van der Waals surface area (Å²) in [4.78, 5) is 4.24. The number of rotatable bonds is 6. The molecule has 0 aliphatic rings. The van der Waals surface area contributed by atoms with Crippen molar-refractivity contribution >= 4 is 0 Å². The smallest absolute Gasteiger partial charge is 0.159 e. The highest BCUT2D eigenvalue weighted by atomic mass is 19.2. The molecular formula is C14H18F2N4. The van der Waals surface area contributed by atoms with Gasteiger partial charge in [-0.3, -0.25) is 11.3 Å². The number of benzene rings is 1. The molecule has 108 valence electrons. The predicted molar refractivity (Wildman–Crippen MR) is 72.7 cm³/mol. The van der Waals surface area contributed by atoms with Crippen LogP contribution in [0.25, 0.3) is 0 Å². The van der Waals surface area contributed by atoms with E-state index in [0.29, 0.717) is 12.0 Å². The molecule has 0 aliphatic heterocycles. The fraction of sp³-hybridized carbons (Fsp3) is 0.357. The van der Waals surface area contributed by atoms with Gasteiger partial charge >= 0.3 is 0 Å². The molecule has 1 unspecified atom stereocenters. The van der Waals surface area contributed by atoms with E-state index < -0.39 is 11.6 Å². The Labute approximate surface area is 116 Å². The van der Waals surface area contributed by atoms with E-state index in [0.717, 1.165) is 24.7 Å². The van der Waals surface area contributed by atoms with Gasteiger partial charge in [0.1, 0.15) is 5.82 Å². The van der Waals surface area contributed by atoms with Crippen molar-refractivity contribution in [2.75, 3.05) is 0 Å². The number of aryl methyl sites for hydroxylation is 2. The first-order valence-corrected chi connectivity index (χ1v) is 6.46. The van der Waals surface area contributed by atoms with Gasteiger partial charge in [-0.05, 0) is 30.5 Å². The van der Waals surface area contributed by atoms with Crippen LogP contribution in [-0.4, -0.2) is 15.6 Å². The minimum atomic E-state index is -0.834. The van der Waals surface area contributed by atoms with Gasteiger partial charge in [0.2, 0.25) is 0 Å². The lowest BCUT2D eigenvalue weighted by atomic mass is 10.0. The van der Waals surface area contributed by atoms with Crippen molar-refractivity contribution in [1.82, 2.24) is 15.0 Å². The van der Waals surface area contributed by atoms with Gasteiger partial charge in [-0.1, -0.05) is 6.07 Å². The molecule has 0 aliphatic carbocycles. The highest BCUT2D eigenvalue weighted by molar-refractivity contribution is 5.18. The second-order valence-electron chi connectivity index (χ2n) is 4.81. The number of hydrazine groups is 1. The zero-order valence-corrected chi connectivity index (χ0v) is 11.3. The minimum absolute atomic E-state index is 0.0171. The third kappa shape index (κ3) is 3.61. The highest BCUT2D eigenvalue weighted by Gasteiger charge is 2.11. The van der Waals surface area contributed by atoms with Crippen LogP contribution < -0.4 is 11.3 Å². The summed E-state index contributed by atoms with van der Waals surface area (Å²) in [6.45, 7) is 0. The Morgan fingerprint density at radius 1 is 1.35 bits per heavy atom. The molecule has 6 heteroatoms. The average molecular weight is 280 g/mol. The minimum Gasteiger partial charge on any atom is -0.338 e. The topological polar surface area (TPSA) is 55.9 Å². The van der Waals surface area contributed by atoms with Crippen LogP contribution >= 0.6 is 0 Å². The Hall–Kier alpha value is -1.79. The molecule has 0 radical (unpaired) electrons. The molecular weight excluding hydrogens is 262 g/mol. The lowest BCUT2D eigenvalue weighted by Gasteiger charge is -2.16. The third-order valence-electron chi connectivity index (χ3n) is 3.34. The molecule has 0 fully saturated rings. The number of nitrogens with one attached hydrogen (secondary N) is 1. The van der Waals surface area contributed by atoms with E-state index in [1.54, 1.807) is 12.3 Å². The molecule has 2 rings (SSSR count). The van der Waals surface area contributed by atoms with Gasteiger partial charge in [0.05, 0.1) is 0 Å². The molecule has 1 atom stereocenters. The fourth-order valence-corrected chi connectivity index (χ4v) is 2.14. The van der Waals surface area contributed by atoms with Crippen LogP contribution in [0.2, 0.25) is 0 Å². The molecule has 20 heavy (non-hydrogen) atoms. The van der Waals surface area contributed by atoms with Gasteiger partial charge in [-0.2, -0.15) is 0 Å². The summed E-state index contributed by atoms with van der Waals surface area (Å²) in [5.41, 5.74) is 3.43. The van der Waals surface area contributed by atoms with Gasteiger partial charge in [-0.15, -0.1) is 0 Å². The van der Waals surface area contributed by atoms with Crippen LogP contribution in [0.5, 0.6) is 0 Å². The zero-order chi connectivity index (χ0) is 14.5. The monoisotopic (exact) mass is 280 g/mol. The number of aromatic nitrogens is 2. The van der Waals surface area contributed by atoms with Crippen molar-refractivity contribution in [2.45, 2.75) is 25.3 Å². The van der Waals surface area contributed by atoms with E-state index in [4.69, 9.17) is 5.84 Å². The average Bonchev–Trinajstić information content (AvgIpc) is 2.84. The van der Waals surface area contributed by atoms with Crippen molar-refractivity contribution < 1.29 is 8.78 Å². The lowest BCUT2D eigenvalue weighted by Crippen LogP contribution is -2.37. The maximum Gasteiger partial charge on any atom is 0.159 e. The van der Waals surface area contributed by atoms with Gasteiger partial charge in [0, 0.05) is 31.9 Å². The predicted octanol–water partition coefficient (Wildman–Crippen LogP) is 1.71. The van der Waals surface area contributed by atoms with Crippen LogP contribution in [0.1, 0.15) is 17.8 Å². The molecule has 0 saturated heterocycles. The van der Waals surface area contributed by atoms with Gasteiger partial charge in [0.25, 0.3) is 0 Å². The molecule has 1 aromatic heterocycles. The number of nitrogens with two attached hydrogens (primary N) is 1. The van der Waals surface area contributed by atoms with Crippen molar-refractivity contribution in [3.8, 4) is 0 Å². The summed E-state index contributed by atoms with van der Waals surface area (Å²) in [6, 6.07) is 3.90. The standard InChI is InChI=1S/C14H18F2N4/c1-20-7-6-18-14(20)5-3-11(19-17)8-10-2-4-12(15)13(16)9-10/h2,4,6-7,9,11,19H,3,5,8,17H2,1H3. The van der Waals surface area contributed by atoms with Crippen LogP contribution in [-0.2, 0) is 19.9 Å². The molecule has 1 aromatic carbocycles. The molecule has 3 N–H and O–H groups in total. The SMILES string of the molecule is Cn1ccnc1CCC(Cc1ccc(F)c(F)c1)NN. The van der Waals surface area contributed by atoms with Crippen LogP contribution in [0.4, 0.5) is 8.78 Å². The highest BCUT2D eigenvalue weighted by Crippen LogP contribution is 2.12. The largest absolute Gasteiger partial charge is 0.338 e. The number of imidazole rings is 1. The Kier molecular flexibility index (Phi) is 4.81. The number of nitrogens with zero attached hydrogens (tertiary/aromatic N) is 2. The molecule has 1 heterocycles.